The van der Waals surface area contributed by atoms with Crippen molar-refractivity contribution in [2.45, 2.75) is 13.8 Å². The first-order valence-corrected chi connectivity index (χ1v) is 3.47. The zero-order chi connectivity index (χ0) is 8.43. The van der Waals surface area contributed by atoms with Crippen molar-refractivity contribution in [1.29, 1.82) is 0 Å². The number of aliphatic hydroxyl groups excluding tert-OH is 1. The van der Waals surface area contributed by atoms with Gasteiger partial charge in [0.2, 0.25) is 0 Å². The molecule has 0 aromatic rings. The molecule has 11 heavy (non-hydrogen) atoms. The van der Waals surface area contributed by atoms with Gasteiger partial charge in [0.1, 0.15) is 5.76 Å². The fourth-order valence-electron chi connectivity index (χ4n) is 0.929. The molecule has 0 unspecified atom stereocenters. The Kier molecular flexibility index (Phi) is 1.94. The van der Waals surface area contributed by atoms with E-state index < -0.39 is 0 Å². The molecule has 0 radical (unpaired) electrons. The predicted octanol–water partition coefficient (Wildman–Crippen LogP) is 1.88. The van der Waals surface area contributed by atoms with Gasteiger partial charge in [-0.25, -0.2) is 0 Å². The molecule has 0 amide bonds. The molecule has 1 aliphatic rings. The third kappa shape index (κ3) is 1.40. The number of aliphatic hydroxyl groups is 1. The van der Waals surface area contributed by atoms with Crippen LogP contribution in [0.3, 0.4) is 0 Å². The average Bonchev–Trinajstić information content (AvgIpc) is 1.97. The zero-order valence-corrected chi connectivity index (χ0v) is 6.63. The van der Waals surface area contributed by atoms with E-state index in [2.05, 4.69) is 0 Å². The van der Waals surface area contributed by atoms with E-state index in [0.717, 1.165) is 0 Å². The summed E-state index contributed by atoms with van der Waals surface area (Å²) in [6.45, 7) is 3.55. The number of carbonyl (C=O) groups excluding carboxylic acids is 1. The normalized spacial score (nSPS) is 21.6. The minimum absolute atomic E-state index is 0.211. The molecule has 0 spiro atoms. The third-order valence-corrected chi connectivity index (χ3v) is 1.66. The van der Waals surface area contributed by atoms with Crippen LogP contribution in [0.1, 0.15) is 13.8 Å². The largest absolute Gasteiger partial charge is 0.508 e. The van der Waals surface area contributed by atoms with Crippen LogP contribution in [0.25, 0.3) is 0 Å². The summed E-state index contributed by atoms with van der Waals surface area (Å²) in [7, 11) is 0. The summed E-state index contributed by atoms with van der Waals surface area (Å²) in [5.41, 5.74) is 1.35. The molecule has 0 aromatic carbocycles. The summed E-state index contributed by atoms with van der Waals surface area (Å²) in [6, 6.07) is 0. The minimum Gasteiger partial charge on any atom is -0.508 e. The van der Waals surface area contributed by atoms with E-state index in [-0.39, 0.29) is 11.5 Å². The molecular weight excluding hydrogens is 140 g/mol. The van der Waals surface area contributed by atoms with E-state index >= 15 is 0 Å². The van der Waals surface area contributed by atoms with Crippen LogP contribution in [0.4, 0.5) is 0 Å². The van der Waals surface area contributed by atoms with Gasteiger partial charge in [0.05, 0.1) is 5.57 Å². The molecule has 0 atom stereocenters. The van der Waals surface area contributed by atoms with Gasteiger partial charge in [0, 0.05) is 11.6 Å². The number of ketones is 1. The summed E-state index contributed by atoms with van der Waals surface area (Å²) in [4.78, 5) is 9.27. The van der Waals surface area contributed by atoms with E-state index in [4.69, 9.17) is 0 Å². The Labute approximate surface area is 65.5 Å². The van der Waals surface area contributed by atoms with Crippen LogP contribution in [0.2, 0.25) is 0 Å². The fraction of sp³-hybridized carbons (Fsp3) is 0.222. The van der Waals surface area contributed by atoms with E-state index in [1.54, 1.807) is 25.2 Å². The summed E-state index contributed by atoms with van der Waals surface area (Å²) >= 11 is 0. The monoisotopic (exact) mass is 151 g/mol. The van der Waals surface area contributed by atoms with Gasteiger partial charge in [-0.3, -0.25) is 4.79 Å². The van der Waals surface area contributed by atoms with Crippen molar-refractivity contribution < 1.29 is 9.90 Å². The van der Waals surface area contributed by atoms with Gasteiger partial charge < -0.3 is 5.11 Å². The van der Waals surface area contributed by atoms with Gasteiger partial charge in [-0.15, -0.1) is 0 Å². The summed E-state index contributed by atoms with van der Waals surface area (Å²) in [6.07, 6.45) is 4.84. The molecule has 0 bridgehead atoms. The van der Waals surface area contributed by atoms with Gasteiger partial charge in [-0.05, 0) is 19.9 Å². The molecule has 0 saturated carbocycles. The van der Waals surface area contributed by atoms with E-state index in [9.17, 15) is 9.90 Å². The molecule has 0 aliphatic heterocycles. The SMILES string of the molecule is C/C=C1\C=C(O)C(C)=CC1=[OH+]. The van der Waals surface area contributed by atoms with Gasteiger partial charge in [0.15, 0.2) is 0 Å². The molecule has 0 aromatic heterocycles. The number of rotatable bonds is 0. The molecule has 58 valence electrons. The van der Waals surface area contributed by atoms with Crippen LogP contribution in [0.5, 0.6) is 0 Å². The maximum atomic E-state index is 9.27. The van der Waals surface area contributed by atoms with Gasteiger partial charge in [-0.1, -0.05) is 6.08 Å². The second-order valence-electron chi connectivity index (χ2n) is 2.49. The van der Waals surface area contributed by atoms with E-state index in [0.29, 0.717) is 11.1 Å². The molecule has 2 nitrogen and oxygen atoms in total. The lowest BCUT2D eigenvalue weighted by Gasteiger charge is -2.03. The Balaban J connectivity index is 3.08. The van der Waals surface area contributed by atoms with Crippen LogP contribution >= 0.6 is 0 Å². The lowest BCUT2D eigenvalue weighted by molar-refractivity contribution is 0.422. The van der Waals surface area contributed by atoms with Crippen molar-refractivity contribution in [1.82, 2.24) is 0 Å². The highest BCUT2D eigenvalue weighted by molar-refractivity contribution is 6.08. The predicted molar refractivity (Wildman–Crippen MR) is 45.2 cm³/mol. The maximum absolute atomic E-state index is 9.27. The summed E-state index contributed by atoms with van der Waals surface area (Å²) in [5, 5.41) is 9.22. The van der Waals surface area contributed by atoms with Crippen LogP contribution in [0, 0.1) is 0 Å². The summed E-state index contributed by atoms with van der Waals surface area (Å²) in [5.74, 6) is 0.429. The summed E-state index contributed by atoms with van der Waals surface area (Å²) < 4.78 is 0. The Morgan fingerprint density at radius 2 is 2.09 bits per heavy atom. The van der Waals surface area contributed by atoms with Crippen molar-refractivity contribution in [3.63, 3.8) is 0 Å². The molecule has 2 N–H and O–H groups in total. The molecule has 0 heterocycles. The van der Waals surface area contributed by atoms with Crippen molar-refractivity contribution >= 4 is 5.78 Å². The fourth-order valence-corrected chi connectivity index (χ4v) is 0.929. The highest BCUT2D eigenvalue weighted by Gasteiger charge is 2.17. The molecule has 1 rings (SSSR count). The first kappa shape index (κ1) is 7.79. The Morgan fingerprint density at radius 3 is 2.64 bits per heavy atom. The van der Waals surface area contributed by atoms with Crippen LogP contribution < -0.4 is 0 Å². The average molecular weight is 151 g/mol. The topological polar surface area (TPSA) is 41.6 Å². The van der Waals surface area contributed by atoms with Crippen LogP contribution in [-0.2, 0) is 0 Å². The lowest BCUT2D eigenvalue weighted by atomic mass is 10.0. The molecule has 2 heteroatoms. The number of hydrogen-bond donors (Lipinski definition) is 1. The quantitative estimate of drug-likeness (QED) is 0.417. The number of allylic oxidation sites excluding steroid dienone is 5. The van der Waals surface area contributed by atoms with Crippen molar-refractivity contribution in [2.75, 3.05) is 0 Å². The van der Waals surface area contributed by atoms with Crippen LogP contribution in [-0.4, -0.2) is 15.7 Å². The lowest BCUT2D eigenvalue weighted by Crippen LogP contribution is -2.04. The maximum Gasteiger partial charge on any atom is 0.347 e. The van der Waals surface area contributed by atoms with E-state index in [1.807, 2.05) is 6.92 Å². The van der Waals surface area contributed by atoms with Crippen molar-refractivity contribution in [3.8, 4) is 0 Å². The second kappa shape index (κ2) is 2.74. The smallest absolute Gasteiger partial charge is 0.347 e. The van der Waals surface area contributed by atoms with Gasteiger partial charge in [-0.2, -0.15) is 0 Å². The Hall–Kier alpha value is -1.31. The standard InChI is InChI=1S/C9H10O2/c1-3-7-5-8(10)6(2)4-9(7)11/h3-5,10H,1-2H3/p+1/b7-3+. The van der Waals surface area contributed by atoms with E-state index in [1.165, 1.54) is 0 Å². The molecule has 0 fully saturated rings. The Morgan fingerprint density at radius 1 is 1.45 bits per heavy atom. The van der Waals surface area contributed by atoms with Gasteiger partial charge in [0.25, 0.3) is 0 Å². The first-order chi connectivity index (χ1) is 5.15. The minimum atomic E-state index is 0.211. The Bertz CT molecular complexity index is 280. The first-order valence-electron chi connectivity index (χ1n) is 3.47. The molecule has 0 saturated heterocycles. The highest BCUT2D eigenvalue weighted by atomic mass is 16.3. The van der Waals surface area contributed by atoms with Crippen LogP contribution in [0.15, 0.2) is 35.1 Å². The second-order valence-corrected chi connectivity index (χ2v) is 2.49. The zero-order valence-electron chi connectivity index (χ0n) is 6.63. The molecular formula is C9H11O2+. The van der Waals surface area contributed by atoms with Gasteiger partial charge >= 0.3 is 5.78 Å². The molecule has 1 aliphatic carbocycles. The van der Waals surface area contributed by atoms with Crippen molar-refractivity contribution in [3.05, 3.63) is 35.1 Å². The van der Waals surface area contributed by atoms with Crippen molar-refractivity contribution in [2.24, 2.45) is 0 Å². The third-order valence-electron chi connectivity index (χ3n) is 1.66. The highest BCUT2D eigenvalue weighted by Crippen LogP contribution is 2.16. The number of hydrogen-bond acceptors (Lipinski definition) is 1.